The van der Waals surface area contributed by atoms with E-state index in [2.05, 4.69) is 29.9 Å². The summed E-state index contributed by atoms with van der Waals surface area (Å²) in [5.74, 6) is 1.20. The van der Waals surface area contributed by atoms with E-state index in [0.29, 0.717) is 36.9 Å². The van der Waals surface area contributed by atoms with Crippen LogP contribution in [0.5, 0.6) is 17.2 Å². The first-order valence-electron chi connectivity index (χ1n) is 23.3. The molecule has 0 aliphatic heterocycles. The van der Waals surface area contributed by atoms with Gasteiger partial charge in [0.1, 0.15) is 17.2 Å². The van der Waals surface area contributed by atoms with Crippen molar-refractivity contribution in [2.75, 3.05) is 19.8 Å². The fourth-order valence-corrected chi connectivity index (χ4v) is 8.47. The Morgan fingerprint density at radius 3 is 0.913 bits per heavy atom. The van der Waals surface area contributed by atoms with E-state index in [4.69, 9.17) is 28.4 Å². The molecule has 0 bridgehead atoms. The summed E-state index contributed by atoms with van der Waals surface area (Å²) < 4.78 is 33.1. The summed E-state index contributed by atoms with van der Waals surface area (Å²) >= 11 is 0. The second-order valence-corrected chi connectivity index (χ2v) is 17.1. The maximum absolute atomic E-state index is 12.1. The SMILES string of the molecule is CCOC(=O)c1ncc2[nH]c3cccc(OC(C)C)c3c2c1C.CCOC(=O)c1ncc2[nH]c3cccc(OC(C)C)c3c2c1C.CCOC(=O)c1ncc2[nH]c3cccc(OC(C)C)c3c2c1C. The fourth-order valence-electron chi connectivity index (χ4n) is 8.47. The maximum Gasteiger partial charge on any atom is 0.357 e. The predicted molar refractivity (Wildman–Crippen MR) is 270 cm³/mol. The standard InChI is InChI=1S/3C18H20N2O3/c3*1-5-22-18(21)17-11(4)15-13(9-19-17)20-12-7-6-8-14(16(12)15)23-10(2)3/h3*6-10,20H,5H2,1-4H3. The lowest BCUT2D eigenvalue weighted by atomic mass is 10.1. The van der Waals surface area contributed by atoms with Crippen LogP contribution in [0.4, 0.5) is 0 Å². The molecule has 0 spiro atoms. The number of rotatable bonds is 12. The van der Waals surface area contributed by atoms with Crippen LogP contribution >= 0.6 is 0 Å². The Hall–Kier alpha value is -7.68. The third-order valence-corrected chi connectivity index (χ3v) is 11.1. The van der Waals surface area contributed by atoms with Crippen molar-refractivity contribution < 1.29 is 42.8 Å². The van der Waals surface area contributed by atoms with Crippen LogP contribution in [0.15, 0.2) is 73.2 Å². The molecule has 0 saturated carbocycles. The summed E-state index contributed by atoms with van der Waals surface area (Å²) in [7, 11) is 0. The highest BCUT2D eigenvalue weighted by Gasteiger charge is 2.23. The number of hydrogen-bond donors (Lipinski definition) is 3. The van der Waals surface area contributed by atoms with Crippen molar-refractivity contribution >= 4 is 83.3 Å². The Balaban J connectivity index is 0.000000153. The van der Waals surface area contributed by atoms with Gasteiger partial charge in [0, 0.05) is 32.3 Å². The van der Waals surface area contributed by atoms with Crippen LogP contribution < -0.4 is 14.2 Å². The summed E-state index contributed by atoms with van der Waals surface area (Å²) in [6, 6.07) is 17.7. The Morgan fingerprint density at radius 2 is 0.681 bits per heavy atom. The van der Waals surface area contributed by atoms with Crippen molar-refractivity contribution in [1.82, 2.24) is 29.9 Å². The van der Waals surface area contributed by atoms with Crippen LogP contribution in [0, 0.1) is 20.8 Å². The Kier molecular flexibility index (Phi) is 15.0. The zero-order valence-corrected chi connectivity index (χ0v) is 41.3. The third kappa shape index (κ3) is 10.1. The molecule has 6 aromatic heterocycles. The van der Waals surface area contributed by atoms with Crippen molar-refractivity contribution in [2.45, 2.75) is 101 Å². The molecule has 6 heterocycles. The average Bonchev–Trinajstić information content (AvgIpc) is 4.00. The number of carbonyl (C=O) groups is 3. The van der Waals surface area contributed by atoms with E-state index in [0.717, 1.165) is 99.4 Å². The first-order chi connectivity index (χ1) is 33.1. The summed E-state index contributed by atoms with van der Waals surface area (Å²) in [6.07, 6.45) is 5.22. The third-order valence-electron chi connectivity index (χ3n) is 11.1. The smallest absolute Gasteiger partial charge is 0.357 e. The van der Waals surface area contributed by atoms with Crippen molar-refractivity contribution in [1.29, 1.82) is 0 Å². The molecule has 0 radical (unpaired) electrons. The molecule has 0 amide bonds. The van der Waals surface area contributed by atoms with Crippen molar-refractivity contribution in [3.63, 3.8) is 0 Å². The van der Waals surface area contributed by atoms with E-state index >= 15 is 0 Å². The second-order valence-electron chi connectivity index (χ2n) is 17.1. The van der Waals surface area contributed by atoms with Crippen LogP contribution in [-0.2, 0) is 14.2 Å². The molecule has 15 heteroatoms. The molecule has 360 valence electrons. The minimum absolute atomic E-state index is 0.0669. The van der Waals surface area contributed by atoms with Crippen LogP contribution in [0.25, 0.3) is 65.4 Å². The number of esters is 3. The van der Waals surface area contributed by atoms with Gasteiger partial charge in [-0.25, -0.2) is 29.3 Å². The molecule has 15 nitrogen and oxygen atoms in total. The zero-order chi connectivity index (χ0) is 49.7. The number of aryl methyl sites for hydroxylation is 3. The van der Waals surface area contributed by atoms with E-state index in [1.165, 1.54) is 0 Å². The number of carbonyl (C=O) groups excluding carboxylic acids is 3. The first kappa shape index (κ1) is 49.2. The van der Waals surface area contributed by atoms with Crippen LogP contribution in [-0.4, -0.2) is 85.9 Å². The maximum atomic E-state index is 12.1. The topological polar surface area (TPSA) is 193 Å². The number of nitrogens with one attached hydrogen (secondary N) is 3. The number of H-pyrrole nitrogens is 3. The van der Waals surface area contributed by atoms with E-state index in [1.54, 1.807) is 39.4 Å². The van der Waals surface area contributed by atoms with Crippen LogP contribution in [0.2, 0.25) is 0 Å². The normalized spacial score (nSPS) is 11.3. The van der Waals surface area contributed by atoms with Gasteiger partial charge in [-0.2, -0.15) is 0 Å². The van der Waals surface area contributed by atoms with E-state index in [1.807, 2.05) is 117 Å². The van der Waals surface area contributed by atoms with Crippen LogP contribution in [0.1, 0.15) is 110 Å². The zero-order valence-electron chi connectivity index (χ0n) is 41.3. The molecule has 3 N–H and O–H groups in total. The van der Waals surface area contributed by atoms with Gasteiger partial charge in [-0.15, -0.1) is 0 Å². The molecule has 0 saturated heterocycles. The van der Waals surface area contributed by atoms with Gasteiger partial charge in [0.25, 0.3) is 0 Å². The summed E-state index contributed by atoms with van der Waals surface area (Å²) in [5, 5.41) is 5.78. The van der Waals surface area contributed by atoms with Crippen molar-refractivity contribution in [3.05, 3.63) is 107 Å². The Labute approximate surface area is 400 Å². The highest BCUT2D eigenvalue weighted by molar-refractivity contribution is 6.15. The monoisotopic (exact) mass is 936 g/mol. The molecule has 0 aliphatic carbocycles. The number of ether oxygens (including phenoxy) is 6. The van der Waals surface area contributed by atoms with Gasteiger partial charge >= 0.3 is 17.9 Å². The fraction of sp³-hybridized carbons (Fsp3) is 0.333. The predicted octanol–water partition coefficient (Wildman–Crippen LogP) is 12.0. The van der Waals surface area contributed by atoms with Gasteiger partial charge in [0.15, 0.2) is 17.1 Å². The summed E-state index contributed by atoms with van der Waals surface area (Å²) in [6.45, 7) is 24.0. The number of fused-ring (bicyclic) bond motifs is 9. The minimum Gasteiger partial charge on any atom is -0.490 e. The molecule has 3 aromatic carbocycles. The minimum atomic E-state index is -0.400. The molecule has 0 aliphatic rings. The lowest BCUT2D eigenvalue weighted by molar-refractivity contribution is 0.0509. The average molecular weight is 937 g/mol. The first-order valence-corrected chi connectivity index (χ1v) is 23.3. The molecule has 9 aromatic rings. The highest BCUT2D eigenvalue weighted by Crippen LogP contribution is 2.39. The number of pyridine rings is 3. The highest BCUT2D eigenvalue weighted by atomic mass is 16.5. The molecular weight excluding hydrogens is 877 g/mol. The summed E-state index contributed by atoms with van der Waals surface area (Å²) in [5.41, 5.74) is 8.96. The molecular formula is C54H60N6O9. The lowest BCUT2D eigenvalue weighted by Gasteiger charge is -2.12. The van der Waals surface area contributed by atoms with E-state index < -0.39 is 17.9 Å². The molecule has 0 fully saturated rings. The van der Waals surface area contributed by atoms with Crippen LogP contribution in [0.3, 0.4) is 0 Å². The second kappa shape index (κ2) is 21.1. The Morgan fingerprint density at radius 1 is 0.420 bits per heavy atom. The molecule has 0 atom stereocenters. The lowest BCUT2D eigenvalue weighted by Crippen LogP contribution is -2.09. The van der Waals surface area contributed by atoms with Crippen molar-refractivity contribution in [2.24, 2.45) is 0 Å². The molecule has 0 unspecified atom stereocenters. The van der Waals surface area contributed by atoms with Gasteiger partial charge in [-0.05, 0) is 136 Å². The largest absolute Gasteiger partial charge is 0.490 e. The number of aromatic amines is 3. The Bertz CT molecular complexity index is 2990. The number of aromatic nitrogens is 6. The van der Waals surface area contributed by atoms with Gasteiger partial charge in [0.05, 0.1) is 89.8 Å². The van der Waals surface area contributed by atoms with E-state index in [-0.39, 0.29) is 18.3 Å². The van der Waals surface area contributed by atoms with Gasteiger partial charge in [-0.3, -0.25) is 0 Å². The van der Waals surface area contributed by atoms with Gasteiger partial charge in [0.2, 0.25) is 0 Å². The quantitative estimate of drug-likeness (QED) is 0.0776. The number of benzene rings is 3. The van der Waals surface area contributed by atoms with Gasteiger partial charge < -0.3 is 43.4 Å². The van der Waals surface area contributed by atoms with Gasteiger partial charge in [-0.1, -0.05) is 18.2 Å². The number of hydrogen-bond acceptors (Lipinski definition) is 12. The van der Waals surface area contributed by atoms with Crippen molar-refractivity contribution in [3.8, 4) is 17.2 Å². The number of nitrogens with zero attached hydrogens (tertiary/aromatic N) is 3. The van der Waals surface area contributed by atoms with E-state index in [9.17, 15) is 14.4 Å². The molecule has 69 heavy (non-hydrogen) atoms. The molecule has 9 rings (SSSR count). The summed E-state index contributed by atoms with van der Waals surface area (Å²) in [4.78, 5) is 59.1.